The number of hydrogen-bond acceptors (Lipinski definition) is 11. The molecule has 0 saturated carbocycles. The van der Waals surface area contributed by atoms with Crippen molar-refractivity contribution in [2.75, 3.05) is 7.11 Å². The fourth-order valence-corrected chi connectivity index (χ4v) is 6.88. The number of rotatable bonds is 10. The minimum atomic E-state index is -0.344. The molecule has 66 heavy (non-hydrogen) atoms. The summed E-state index contributed by atoms with van der Waals surface area (Å²) in [5, 5.41) is 41.4. The molecule has 0 aliphatic rings. The number of fused-ring (bicyclic) bond motifs is 3. The van der Waals surface area contributed by atoms with Crippen molar-refractivity contribution < 1.29 is 34.4 Å². The largest absolute Gasteiger partial charge is 0.505 e. The molecular formula is C51H42BrN7O7. The molecular weight excluding hydrogens is 903 g/mol. The van der Waals surface area contributed by atoms with Crippen LogP contribution in [0.1, 0.15) is 47.8 Å². The van der Waals surface area contributed by atoms with E-state index in [0.29, 0.717) is 36.2 Å². The van der Waals surface area contributed by atoms with Crippen molar-refractivity contribution in [2.24, 2.45) is 0 Å². The lowest BCUT2D eigenvalue weighted by molar-refractivity contribution is 0.0940. The Morgan fingerprint density at radius 1 is 0.485 bits per heavy atom. The van der Waals surface area contributed by atoms with Gasteiger partial charge in [-0.25, -0.2) is 0 Å². The van der Waals surface area contributed by atoms with Gasteiger partial charge in [0, 0.05) is 71.2 Å². The maximum absolute atomic E-state index is 12.3. The molecule has 0 saturated heterocycles. The lowest BCUT2D eigenvalue weighted by Gasteiger charge is -2.09. The Morgan fingerprint density at radius 3 is 1.24 bits per heavy atom. The number of carbonyl (C=O) groups excluding carboxylic acids is 3. The number of benzene rings is 5. The molecule has 4 aromatic heterocycles. The summed E-state index contributed by atoms with van der Waals surface area (Å²) in [6.45, 7) is 1.11. The molecule has 15 heteroatoms. The standard InChI is InChI=1S/C18H16N2O3.C17H13BrN2O2.C16H13N3O2/c1-23-14-7-4-12(5-8-14)11-20-18(22)15-9-6-13-3-2-10-19-16(13)17(15)21;18-13-6-3-11(4-7-13)10-20-17(22)14-8-5-12-2-1-9-19-15(12)16(14)21;20-15-13(6-5-12-4-2-8-18-14(12)15)16(21)19-10-11-3-1-7-17-9-11/h2-10,21H,11H2,1H3,(H,20,22);1-9,21H,10H2,(H,20,22);1-9,20H,10H2,(H,19,21). The Morgan fingerprint density at radius 2 is 0.864 bits per heavy atom. The Kier molecular flexibility index (Phi) is 15.0. The van der Waals surface area contributed by atoms with E-state index < -0.39 is 0 Å². The number of pyridine rings is 4. The zero-order valence-corrected chi connectivity index (χ0v) is 36.9. The molecule has 0 radical (unpaired) electrons. The summed E-state index contributed by atoms with van der Waals surface area (Å²) in [5.74, 6) is -0.542. The van der Waals surface area contributed by atoms with Crippen molar-refractivity contribution in [1.29, 1.82) is 0 Å². The number of methoxy groups -OCH3 is 1. The molecule has 0 aliphatic carbocycles. The number of nitrogens with zero attached hydrogens (tertiary/aromatic N) is 4. The van der Waals surface area contributed by atoms with Gasteiger partial charge in [0.2, 0.25) is 0 Å². The highest BCUT2D eigenvalue weighted by atomic mass is 79.9. The van der Waals surface area contributed by atoms with Crippen LogP contribution in [0.4, 0.5) is 0 Å². The fraction of sp³-hybridized carbons (Fsp3) is 0.0784. The maximum Gasteiger partial charge on any atom is 0.255 e. The van der Waals surface area contributed by atoms with Crippen LogP contribution in [0.5, 0.6) is 23.0 Å². The van der Waals surface area contributed by atoms with Crippen molar-refractivity contribution >= 4 is 66.4 Å². The molecule has 3 amide bonds. The quantitative estimate of drug-likeness (QED) is 0.0764. The second-order valence-electron chi connectivity index (χ2n) is 14.5. The summed E-state index contributed by atoms with van der Waals surface area (Å²) >= 11 is 3.37. The van der Waals surface area contributed by atoms with E-state index >= 15 is 0 Å². The monoisotopic (exact) mass is 943 g/mol. The third-order valence-electron chi connectivity index (χ3n) is 10.1. The van der Waals surface area contributed by atoms with Crippen LogP contribution in [0, 0.1) is 0 Å². The number of nitrogens with one attached hydrogen (secondary N) is 3. The van der Waals surface area contributed by atoms with E-state index in [1.54, 1.807) is 98.8 Å². The summed E-state index contributed by atoms with van der Waals surface area (Å²) in [6, 6.07) is 39.7. The highest BCUT2D eigenvalue weighted by Crippen LogP contribution is 2.29. The van der Waals surface area contributed by atoms with Gasteiger partial charge in [0.15, 0.2) is 17.2 Å². The molecule has 14 nitrogen and oxygen atoms in total. The van der Waals surface area contributed by atoms with Crippen molar-refractivity contribution in [1.82, 2.24) is 35.9 Å². The van der Waals surface area contributed by atoms with Crippen molar-refractivity contribution in [3.05, 3.63) is 202 Å². The van der Waals surface area contributed by atoms with Crippen LogP contribution in [-0.2, 0) is 19.6 Å². The highest BCUT2D eigenvalue weighted by Gasteiger charge is 2.17. The second kappa shape index (κ2) is 21.8. The van der Waals surface area contributed by atoms with Gasteiger partial charge < -0.3 is 36.0 Å². The van der Waals surface area contributed by atoms with Crippen molar-refractivity contribution in [3.8, 4) is 23.0 Å². The van der Waals surface area contributed by atoms with E-state index in [2.05, 4.69) is 51.8 Å². The molecule has 9 aromatic rings. The van der Waals surface area contributed by atoms with E-state index in [1.807, 2.05) is 72.8 Å². The minimum Gasteiger partial charge on any atom is -0.505 e. The third kappa shape index (κ3) is 11.4. The Balaban J connectivity index is 0.000000147. The van der Waals surface area contributed by atoms with E-state index in [-0.39, 0.29) is 51.7 Å². The molecule has 0 fully saturated rings. The van der Waals surface area contributed by atoms with Crippen molar-refractivity contribution in [3.63, 3.8) is 0 Å². The number of hydrogen-bond donors (Lipinski definition) is 6. The molecule has 5 aromatic carbocycles. The number of ether oxygens (including phenoxy) is 1. The Hall–Kier alpha value is -8.43. The zero-order chi connectivity index (χ0) is 46.4. The molecule has 0 bridgehead atoms. The third-order valence-corrected chi connectivity index (χ3v) is 10.7. The number of amides is 3. The van der Waals surface area contributed by atoms with E-state index in [1.165, 1.54) is 0 Å². The normalized spacial score (nSPS) is 10.5. The van der Waals surface area contributed by atoms with E-state index in [9.17, 15) is 29.7 Å². The smallest absolute Gasteiger partial charge is 0.255 e. The van der Waals surface area contributed by atoms with Crippen LogP contribution in [0.15, 0.2) is 169 Å². The lowest BCUT2D eigenvalue weighted by atomic mass is 10.1. The average Bonchev–Trinajstić information content (AvgIpc) is 3.36. The topological polar surface area (TPSA) is 209 Å². The molecule has 4 heterocycles. The molecule has 9 rings (SSSR count). The number of aromatic hydroxyl groups is 3. The van der Waals surface area contributed by atoms with Crippen LogP contribution >= 0.6 is 15.9 Å². The Labute approximate surface area is 387 Å². The van der Waals surface area contributed by atoms with Crippen LogP contribution < -0.4 is 20.7 Å². The molecule has 0 aliphatic heterocycles. The number of phenolic OH excluding ortho intramolecular Hbond substituents is 3. The fourth-order valence-electron chi connectivity index (χ4n) is 6.62. The van der Waals surface area contributed by atoms with Gasteiger partial charge >= 0.3 is 0 Å². The molecule has 6 N–H and O–H groups in total. The van der Waals surface area contributed by atoms with Crippen molar-refractivity contribution in [2.45, 2.75) is 19.6 Å². The SMILES string of the molecule is COc1ccc(CNC(=O)c2ccc3cccnc3c2O)cc1.O=C(NCc1ccc(Br)cc1)c1ccc2cccnc2c1O.O=C(NCc1cccnc1)c1ccc2cccnc2c1O. The van der Waals surface area contributed by atoms with Gasteiger partial charge in [-0.2, -0.15) is 0 Å². The predicted octanol–water partition coefficient (Wildman–Crippen LogP) is 8.78. The average molecular weight is 945 g/mol. The lowest BCUT2D eigenvalue weighted by Crippen LogP contribution is -2.23. The summed E-state index contributed by atoms with van der Waals surface area (Å²) in [7, 11) is 1.60. The maximum atomic E-state index is 12.3. The first kappa shape index (κ1) is 45.6. The highest BCUT2D eigenvalue weighted by molar-refractivity contribution is 9.10. The number of carbonyl (C=O) groups is 3. The van der Waals surface area contributed by atoms with Gasteiger partial charge in [0.05, 0.1) is 23.8 Å². The molecule has 0 unspecified atom stereocenters. The summed E-state index contributed by atoms with van der Waals surface area (Å²) in [6.07, 6.45) is 8.11. The second-order valence-corrected chi connectivity index (χ2v) is 15.4. The van der Waals surface area contributed by atoms with Gasteiger partial charge in [-0.05, 0) is 83.4 Å². The molecule has 0 atom stereocenters. The summed E-state index contributed by atoms with van der Waals surface area (Å²) in [5.41, 5.74) is 4.74. The van der Waals surface area contributed by atoms with Gasteiger partial charge in [-0.1, -0.05) is 82.7 Å². The van der Waals surface area contributed by atoms with Crippen LogP contribution in [0.25, 0.3) is 32.7 Å². The summed E-state index contributed by atoms with van der Waals surface area (Å²) in [4.78, 5) is 53.0. The Bertz CT molecular complexity index is 3140. The first-order valence-corrected chi connectivity index (χ1v) is 21.2. The van der Waals surface area contributed by atoms with E-state index in [4.69, 9.17) is 4.74 Å². The molecule has 330 valence electrons. The minimum absolute atomic E-state index is 0.0913. The number of aromatic nitrogens is 4. The van der Waals surface area contributed by atoms with Crippen LogP contribution in [0.3, 0.4) is 0 Å². The predicted molar refractivity (Wildman–Crippen MR) is 255 cm³/mol. The zero-order valence-electron chi connectivity index (χ0n) is 35.4. The van der Waals surface area contributed by atoms with Crippen LogP contribution in [0.2, 0.25) is 0 Å². The number of phenols is 3. The van der Waals surface area contributed by atoms with Gasteiger partial charge in [-0.15, -0.1) is 0 Å². The van der Waals surface area contributed by atoms with Crippen LogP contribution in [-0.4, -0.2) is 60.1 Å². The first-order chi connectivity index (χ1) is 32.1. The van der Waals surface area contributed by atoms with E-state index in [0.717, 1.165) is 43.1 Å². The van der Waals surface area contributed by atoms with Gasteiger partial charge in [0.1, 0.15) is 22.3 Å². The number of halogens is 1. The van der Waals surface area contributed by atoms with Gasteiger partial charge in [-0.3, -0.25) is 34.3 Å². The molecule has 0 spiro atoms. The van der Waals surface area contributed by atoms with Gasteiger partial charge in [0.25, 0.3) is 17.7 Å². The first-order valence-electron chi connectivity index (χ1n) is 20.4. The summed E-state index contributed by atoms with van der Waals surface area (Å²) < 4.78 is 6.08.